The monoisotopic (exact) mass is 424 g/mol. The van der Waals surface area contributed by atoms with Crippen molar-refractivity contribution in [3.63, 3.8) is 0 Å². The van der Waals surface area contributed by atoms with Crippen LogP contribution in [0.3, 0.4) is 0 Å². The van der Waals surface area contributed by atoms with E-state index in [1.54, 1.807) is 31.4 Å². The Balaban J connectivity index is 1.68. The minimum absolute atomic E-state index is 0.382. The Hall–Kier alpha value is -4.35. The summed E-state index contributed by atoms with van der Waals surface area (Å²) in [5, 5.41) is 0. The molecule has 3 aromatic carbocycles. The molecule has 4 rings (SSSR count). The first-order valence-electron chi connectivity index (χ1n) is 9.96. The summed E-state index contributed by atoms with van der Waals surface area (Å²) in [6.07, 6.45) is 0. The van der Waals surface area contributed by atoms with Gasteiger partial charge in [0.1, 0.15) is 19.0 Å². The van der Waals surface area contributed by atoms with Gasteiger partial charge in [-0.15, -0.1) is 0 Å². The summed E-state index contributed by atoms with van der Waals surface area (Å²) in [5.74, 6) is 14.4. The average Bonchev–Trinajstić information content (AvgIpc) is 2.86. The van der Waals surface area contributed by atoms with Gasteiger partial charge < -0.3 is 18.9 Å². The minimum atomic E-state index is -0.382. The van der Waals surface area contributed by atoms with Gasteiger partial charge in [-0.2, -0.15) is 0 Å². The van der Waals surface area contributed by atoms with Crippen LogP contribution in [0.15, 0.2) is 60.7 Å². The van der Waals surface area contributed by atoms with E-state index in [9.17, 15) is 4.79 Å². The van der Waals surface area contributed by atoms with Gasteiger partial charge in [0.25, 0.3) is 0 Å². The lowest BCUT2D eigenvalue weighted by atomic mass is 10.0. The van der Waals surface area contributed by atoms with Crippen LogP contribution in [0.4, 0.5) is 0 Å². The van der Waals surface area contributed by atoms with E-state index >= 15 is 0 Å². The highest BCUT2D eigenvalue weighted by atomic mass is 16.6. The fourth-order valence-electron chi connectivity index (χ4n) is 3.06. The number of rotatable bonds is 2. The Morgan fingerprint density at radius 1 is 0.750 bits per heavy atom. The summed E-state index contributed by atoms with van der Waals surface area (Å²) in [5.41, 5.74) is 3.57. The van der Waals surface area contributed by atoms with Gasteiger partial charge in [0, 0.05) is 34.4 Å². The van der Waals surface area contributed by atoms with Gasteiger partial charge in [0.05, 0.1) is 19.8 Å². The highest BCUT2D eigenvalue weighted by Crippen LogP contribution is 2.33. The van der Waals surface area contributed by atoms with Crippen molar-refractivity contribution >= 4 is 5.97 Å². The van der Waals surface area contributed by atoms with Crippen LogP contribution in [-0.2, 0) is 4.74 Å². The van der Waals surface area contributed by atoms with Crippen LogP contribution in [0, 0.1) is 23.7 Å². The molecule has 0 radical (unpaired) electrons. The van der Waals surface area contributed by atoms with Gasteiger partial charge in [-0.1, -0.05) is 23.7 Å². The van der Waals surface area contributed by atoms with Crippen molar-refractivity contribution in [2.24, 2.45) is 0 Å². The molecule has 0 N–H and O–H groups in total. The molecular weight excluding hydrogens is 404 g/mol. The Morgan fingerprint density at radius 2 is 1.25 bits per heavy atom. The number of fused-ring (bicyclic) bond motifs is 1. The lowest BCUT2D eigenvalue weighted by Gasteiger charge is -2.19. The van der Waals surface area contributed by atoms with Gasteiger partial charge >= 0.3 is 5.97 Å². The topological polar surface area (TPSA) is 54.0 Å². The molecule has 5 heteroatoms. The Labute approximate surface area is 186 Å². The first kappa shape index (κ1) is 20.9. The molecule has 32 heavy (non-hydrogen) atoms. The molecule has 1 aliphatic rings. The third-order valence-corrected chi connectivity index (χ3v) is 4.76. The molecule has 0 aliphatic carbocycles. The van der Waals surface area contributed by atoms with Crippen molar-refractivity contribution in [1.29, 1.82) is 0 Å². The molecule has 158 valence electrons. The Morgan fingerprint density at radius 3 is 1.72 bits per heavy atom. The first-order chi connectivity index (χ1) is 15.7. The molecular formula is C27H20O5. The van der Waals surface area contributed by atoms with Crippen molar-refractivity contribution in [1.82, 2.24) is 0 Å². The van der Waals surface area contributed by atoms with E-state index in [1.807, 2.05) is 36.4 Å². The van der Waals surface area contributed by atoms with Gasteiger partial charge in [-0.05, 0) is 48.5 Å². The number of esters is 1. The number of carbonyl (C=O) groups excluding carboxylic acids is 1. The number of hydrogen-bond acceptors (Lipinski definition) is 5. The van der Waals surface area contributed by atoms with Crippen LogP contribution >= 0.6 is 0 Å². The highest BCUT2D eigenvalue weighted by Gasteiger charge is 2.14. The number of hydrogen-bond donors (Lipinski definition) is 0. The fraction of sp³-hybridized carbons (Fsp3) is 0.148. The van der Waals surface area contributed by atoms with Crippen LogP contribution in [0.2, 0.25) is 0 Å². The van der Waals surface area contributed by atoms with Gasteiger partial charge in [0.2, 0.25) is 0 Å². The lowest BCUT2D eigenvalue weighted by molar-refractivity contribution is 0.0600. The van der Waals surface area contributed by atoms with E-state index in [4.69, 9.17) is 18.9 Å². The summed E-state index contributed by atoms with van der Waals surface area (Å²) in [7, 11) is 2.98. The van der Waals surface area contributed by atoms with Crippen LogP contribution in [0.5, 0.6) is 17.2 Å². The first-order valence-corrected chi connectivity index (χ1v) is 9.96. The molecule has 5 nitrogen and oxygen atoms in total. The van der Waals surface area contributed by atoms with E-state index in [2.05, 4.69) is 23.7 Å². The van der Waals surface area contributed by atoms with E-state index in [0.717, 1.165) is 28.0 Å². The second kappa shape index (κ2) is 9.64. The maximum Gasteiger partial charge on any atom is 0.337 e. The molecule has 0 bridgehead atoms. The highest BCUT2D eigenvalue weighted by molar-refractivity contribution is 5.89. The molecule has 0 aromatic heterocycles. The number of methoxy groups -OCH3 is 2. The molecule has 3 aromatic rings. The van der Waals surface area contributed by atoms with Crippen LogP contribution in [-0.4, -0.2) is 33.4 Å². The van der Waals surface area contributed by atoms with Gasteiger partial charge in [-0.3, -0.25) is 0 Å². The molecule has 0 atom stereocenters. The van der Waals surface area contributed by atoms with Crippen molar-refractivity contribution in [3.8, 4) is 40.9 Å². The number of carbonyl (C=O) groups is 1. The summed E-state index contributed by atoms with van der Waals surface area (Å²) in [6, 6.07) is 18.2. The Bertz CT molecular complexity index is 1250. The predicted octanol–water partition coefficient (Wildman–Crippen LogP) is 4.05. The average molecular weight is 424 g/mol. The van der Waals surface area contributed by atoms with Crippen LogP contribution < -0.4 is 14.2 Å². The van der Waals surface area contributed by atoms with Crippen molar-refractivity contribution in [2.75, 3.05) is 27.4 Å². The van der Waals surface area contributed by atoms with E-state index < -0.39 is 0 Å². The van der Waals surface area contributed by atoms with Crippen molar-refractivity contribution in [3.05, 3.63) is 88.5 Å². The molecule has 0 fully saturated rings. The van der Waals surface area contributed by atoms with E-state index in [1.165, 1.54) is 7.11 Å². The van der Waals surface area contributed by atoms with Crippen LogP contribution in [0.1, 0.15) is 32.6 Å². The summed E-state index contributed by atoms with van der Waals surface area (Å²) >= 11 is 0. The maximum absolute atomic E-state index is 11.6. The third-order valence-electron chi connectivity index (χ3n) is 4.76. The molecule has 0 spiro atoms. The van der Waals surface area contributed by atoms with Crippen molar-refractivity contribution in [2.45, 2.75) is 0 Å². The van der Waals surface area contributed by atoms with Gasteiger partial charge in [-0.25, -0.2) is 4.79 Å². The molecule has 0 amide bonds. The Kier molecular flexibility index (Phi) is 6.30. The zero-order chi connectivity index (χ0) is 22.3. The van der Waals surface area contributed by atoms with Crippen molar-refractivity contribution < 1.29 is 23.7 Å². The molecule has 1 heterocycles. The minimum Gasteiger partial charge on any atom is -0.497 e. The quantitative estimate of drug-likeness (QED) is 0.459. The molecule has 0 saturated carbocycles. The van der Waals surface area contributed by atoms with Gasteiger partial charge in [0.15, 0.2) is 11.5 Å². The zero-order valence-corrected chi connectivity index (χ0v) is 17.7. The third kappa shape index (κ3) is 4.86. The largest absolute Gasteiger partial charge is 0.497 e. The molecule has 0 unspecified atom stereocenters. The number of ether oxygens (including phenoxy) is 4. The standard InChI is InChI=1S/C27H20O5/c1-29-24-13-7-20(8-14-24)6-12-23-18-26-25(31-15-16-32-26)17-22(23)11-5-19-3-9-21(10-4-19)27(28)30-2/h3-4,7-10,13-14,17-18H,15-16H2,1-2H3. The lowest BCUT2D eigenvalue weighted by Crippen LogP contribution is -2.15. The zero-order valence-electron chi connectivity index (χ0n) is 17.7. The smallest absolute Gasteiger partial charge is 0.337 e. The van der Waals surface area contributed by atoms with Crippen LogP contribution in [0.25, 0.3) is 0 Å². The normalized spacial score (nSPS) is 11.3. The number of benzene rings is 3. The summed E-state index contributed by atoms with van der Waals surface area (Å²) in [6.45, 7) is 0.988. The van der Waals surface area contributed by atoms with E-state index in [-0.39, 0.29) is 5.97 Å². The SMILES string of the molecule is COC(=O)c1ccc(C#Cc2cc3c(cc2C#Cc2ccc(OC)cc2)OCCO3)cc1. The second-order valence-corrected chi connectivity index (χ2v) is 6.84. The maximum atomic E-state index is 11.6. The molecule has 0 saturated heterocycles. The fourth-order valence-corrected chi connectivity index (χ4v) is 3.06. The van der Waals surface area contributed by atoms with E-state index in [0.29, 0.717) is 30.3 Å². The summed E-state index contributed by atoms with van der Waals surface area (Å²) in [4.78, 5) is 11.6. The second-order valence-electron chi connectivity index (χ2n) is 6.84. The summed E-state index contributed by atoms with van der Waals surface area (Å²) < 4.78 is 21.3. The molecule has 1 aliphatic heterocycles. The predicted molar refractivity (Wildman–Crippen MR) is 120 cm³/mol.